The molecule has 33 heavy (non-hydrogen) atoms. The maximum atomic E-state index is 4.62. The van der Waals surface area contributed by atoms with Crippen LogP contribution in [-0.4, -0.2) is 27.6 Å². The lowest BCUT2D eigenvalue weighted by Gasteiger charge is -2.22. The van der Waals surface area contributed by atoms with Crippen molar-refractivity contribution in [3.8, 4) is 11.3 Å². The van der Waals surface area contributed by atoms with Crippen LogP contribution in [0.3, 0.4) is 0 Å². The molecule has 2 aromatic carbocycles. The Morgan fingerprint density at radius 3 is 2.70 bits per heavy atom. The highest BCUT2D eigenvalue weighted by Gasteiger charge is 2.14. The number of benzene rings is 2. The van der Waals surface area contributed by atoms with Crippen LogP contribution in [0.2, 0.25) is 0 Å². The van der Waals surface area contributed by atoms with Crippen molar-refractivity contribution in [3.63, 3.8) is 0 Å². The maximum absolute atomic E-state index is 4.62. The van der Waals surface area contributed by atoms with Crippen molar-refractivity contribution in [2.45, 2.75) is 26.2 Å². The first-order chi connectivity index (χ1) is 16.1. The number of aryl methyl sites for hydroxylation is 1. The number of pyridine rings is 1. The highest BCUT2D eigenvalue weighted by molar-refractivity contribution is 5.89. The smallest absolute Gasteiger partial charge is 0.130 e. The normalized spacial score (nSPS) is 14.5. The Kier molecular flexibility index (Phi) is 5.97. The molecule has 2 aromatic heterocycles. The van der Waals surface area contributed by atoms with E-state index in [2.05, 4.69) is 80.3 Å². The largest absolute Gasteiger partial charge is 0.340 e. The summed E-state index contributed by atoms with van der Waals surface area (Å²) in [6, 6.07) is 17.3. The zero-order valence-electron chi connectivity index (χ0n) is 19.4. The van der Waals surface area contributed by atoms with Gasteiger partial charge in [-0.05, 0) is 79.9 Å². The van der Waals surface area contributed by atoms with Gasteiger partial charge in [-0.2, -0.15) is 0 Å². The molecule has 1 saturated heterocycles. The molecule has 5 heteroatoms. The predicted octanol–water partition coefficient (Wildman–Crippen LogP) is 5.57. The molecule has 0 radical (unpaired) electrons. The van der Waals surface area contributed by atoms with E-state index in [1.54, 1.807) is 0 Å². The number of hydrogen-bond donors (Lipinski definition) is 2. The van der Waals surface area contributed by atoms with E-state index in [1.807, 2.05) is 26.4 Å². The molecule has 4 aromatic rings. The standard InChI is InChI=1S/C28H31N5/c1-19(23-6-4-5-22(14-23)13-21-9-11-29-12-10-21)32-28-16-26-15-24(7-8-25(26)17-31-28)27-18-30-20(2)33(27)3/h4-8,14-18,21,29H,1,9-13H2,2-3H3,(H,31,32). The fourth-order valence-electron chi connectivity index (χ4n) is 4.67. The van der Waals surface area contributed by atoms with Crippen LogP contribution in [0.15, 0.2) is 67.5 Å². The molecule has 1 aliphatic heterocycles. The topological polar surface area (TPSA) is 54.8 Å². The van der Waals surface area contributed by atoms with Crippen molar-refractivity contribution in [2.24, 2.45) is 13.0 Å². The summed E-state index contributed by atoms with van der Waals surface area (Å²) in [5.41, 5.74) is 5.61. The van der Waals surface area contributed by atoms with Crippen LogP contribution < -0.4 is 10.6 Å². The van der Waals surface area contributed by atoms with Crippen LogP contribution in [-0.2, 0) is 13.5 Å². The number of imidazole rings is 1. The van der Waals surface area contributed by atoms with Gasteiger partial charge in [0.25, 0.3) is 0 Å². The summed E-state index contributed by atoms with van der Waals surface area (Å²) < 4.78 is 2.11. The Bertz CT molecular complexity index is 1300. The van der Waals surface area contributed by atoms with Crippen LogP contribution >= 0.6 is 0 Å². The zero-order valence-corrected chi connectivity index (χ0v) is 19.4. The number of nitrogens with zero attached hydrogens (tertiary/aromatic N) is 3. The van der Waals surface area contributed by atoms with Crippen LogP contribution in [0, 0.1) is 12.8 Å². The number of hydrogen-bond acceptors (Lipinski definition) is 4. The second-order valence-corrected chi connectivity index (χ2v) is 9.08. The number of piperidine rings is 1. The Balaban J connectivity index is 1.34. The van der Waals surface area contributed by atoms with Gasteiger partial charge in [-0.25, -0.2) is 9.97 Å². The van der Waals surface area contributed by atoms with Gasteiger partial charge in [0.15, 0.2) is 0 Å². The fraction of sp³-hybridized carbons (Fsp3) is 0.286. The highest BCUT2D eigenvalue weighted by atomic mass is 15.0. The van der Waals surface area contributed by atoms with E-state index in [4.69, 9.17) is 0 Å². The van der Waals surface area contributed by atoms with E-state index in [1.165, 1.54) is 18.4 Å². The van der Waals surface area contributed by atoms with Crippen LogP contribution in [0.25, 0.3) is 27.7 Å². The highest BCUT2D eigenvalue weighted by Crippen LogP contribution is 2.27. The molecule has 5 rings (SSSR count). The molecule has 1 fully saturated rings. The van der Waals surface area contributed by atoms with Crippen molar-refractivity contribution in [2.75, 3.05) is 18.4 Å². The second kappa shape index (κ2) is 9.20. The minimum atomic E-state index is 0.766. The third-order valence-corrected chi connectivity index (χ3v) is 6.78. The van der Waals surface area contributed by atoms with Gasteiger partial charge in [-0.1, -0.05) is 36.9 Å². The molecule has 5 nitrogen and oxygen atoms in total. The molecule has 0 atom stereocenters. The minimum absolute atomic E-state index is 0.766. The predicted molar refractivity (Wildman–Crippen MR) is 137 cm³/mol. The SMILES string of the molecule is C=C(Nc1cc2cc(-c3cnc(C)n3C)ccc2cn1)c1cccc(CC2CCNCC2)c1. The Labute approximate surface area is 195 Å². The molecule has 168 valence electrons. The van der Waals surface area contributed by atoms with Crippen molar-refractivity contribution < 1.29 is 0 Å². The first kappa shape index (κ1) is 21.4. The van der Waals surface area contributed by atoms with Crippen molar-refractivity contribution >= 4 is 22.3 Å². The fourth-order valence-corrected chi connectivity index (χ4v) is 4.67. The van der Waals surface area contributed by atoms with E-state index < -0.39 is 0 Å². The first-order valence-electron chi connectivity index (χ1n) is 11.7. The second-order valence-electron chi connectivity index (χ2n) is 9.08. The Morgan fingerprint density at radius 1 is 1.06 bits per heavy atom. The number of anilines is 1. The summed E-state index contributed by atoms with van der Waals surface area (Å²) in [5.74, 6) is 2.57. The van der Waals surface area contributed by atoms with E-state index in [9.17, 15) is 0 Å². The number of nitrogens with one attached hydrogen (secondary N) is 2. The quantitative estimate of drug-likeness (QED) is 0.414. The molecule has 0 saturated carbocycles. The lowest BCUT2D eigenvalue weighted by molar-refractivity contribution is 0.372. The van der Waals surface area contributed by atoms with E-state index in [0.717, 1.165) is 70.4 Å². The minimum Gasteiger partial charge on any atom is -0.340 e. The van der Waals surface area contributed by atoms with Crippen LogP contribution in [0.1, 0.15) is 29.8 Å². The number of fused-ring (bicyclic) bond motifs is 1. The van der Waals surface area contributed by atoms with E-state index in [-0.39, 0.29) is 0 Å². The average molecular weight is 438 g/mol. The van der Waals surface area contributed by atoms with Gasteiger partial charge < -0.3 is 15.2 Å². The summed E-state index contributed by atoms with van der Waals surface area (Å²) in [5, 5.41) is 9.12. The molecule has 0 aliphatic carbocycles. The Morgan fingerprint density at radius 2 is 1.91 bits per heavy atom. The van der Waals surface area contributed by atoms with Gasteiger partial charge in [0.1, 0.15) is 11.6 Å². The van der Waals surface area contributed by atoms with Crippen molar-refractivity contribution in [1.29, 1.82) is 0 Å². The molecular formula is C28H31N5. The first-order valence-corrected chi connectivity index (χ1v) is 11.7. The van der Waals surface area contributed by atoms with Gasteiger partial charge in [0.05, 0.1) is 11.9 Å². The van der Waals surface area contributed by atoms with Crippen molar-refractivity contribution in [3.05, 3.63) is 84.5 Å². The number of aromatic nitrogens is 3. The van der Waals surface area contributed by atoms with Gasteiger partial charge >= 0.3 is 0 Å². The summed E-state index contributed by atoms with van der Waals surface area (Å²) in [6.07, 6.45) is 7.48. The molecule has 3 heterocycles. The summed E-state index contributed by atoms with van der Waals surface area (Å²) in [4.78, 5) is 9.05. The molecule has 0 amide bonds. The lowest BCUT2D eigenvalue weighted by atomic mass is 9.90. The molecule has 2 N–H and O–H groups in total. The van der Waals surface area contributed by atoms with E-state index in [0.29, 0.717) is 0 Å². The van der Waals surface area contributed by atoms with Gasteiger partial charge in [0, 0.05) is 29.9 Å². The van der Waals surface area contributed by atoms with Gasteiger partial charge in [-0.3, -0.25) is 0 Å². The third kappa shape index (κ3) is 4.69. The van der Waals surface area contributed by atoms with Crippen LogP contribution in [0.5, 0.6) is 0 Å². The average Bonchev–Trinajstić information content (AvgIpc) is 3.17. The third-order valence-electron chi connectivity index (χ3n) is 6.78. The lowest BCUT2D eigenvalue weighted by Crippen LogP contribution is -2.28. The molecule has 0 bridgehead atoms. The molecular weight excluding hydrogens is 406 g/mol. The summed E-state index contributed by atoms with van der Waals surface area (Å²) in [6.45, 7) is 8.58. The molecule has 0 unspecified atom stereocenters. The Hall–Kier alpha value is -3.44. The summed E-state index contributed by atoms with van der Waals surface area (Å²) in [7, 11) is 2.05. The number of rotatable bonds is 6. The van der Waals surface area contributed by atoms with Gasteiger partial charge in [-0.15, -0.1) is 0 Å². The maximum Gasteiger partial charge on any atom is 0.130 e. The monoisotopic (exact) mass is 437 g/mol. The molecule has 1 aliphatic rings. The van der Waals surface area contributed by atoms with Gasteiger partial charge in [0.2, 0.25) is 0 Å². The van der Waals surface area contributed by atoms with E-state index >= 15 is 0 Å². The summed E-state index contributed by atoms with van der Waals surface area (Å²) >= 11 is 0. The van der Waals surface area contributed by atoms with Crippen LogP contribution in [0.4, 0.5) is 5.82 Å². The molecule has 0 spiro atoms. The zero-order chi connectivity index (χ0) is 22.8. The van der Waals surface area contributed by atoms with Crippen molar-refractivity contribution in [1.82, 2.24) is 19.9 Å².